The number of fused-ring (bicyclic) bond motifs is 1. The summed E-state index contributed by atoms with van der Waals surface area (Å²) in [7, 11) is 0. The fourth-order valence-corrected chi connectivity index (χ4v) is 4.99. The number of hydrogen-bond donors (Lipinski definition) is 0. The van der Waals surface area contributed by atoms with E-state index >= 15 is 0 Å². The molecule has 0 N–H and O–H groups in total. The van der Waals surface area contributed by atoms with Crippen molar-refractivity contribution in [3.8, 4) is 11.3 Å². The predicted molar refractivity (Wildman–Crippen MR) is 108 cm³/mol. The highest BCUT2D eigenvalue weighted by atomic mass is 79.9. The molecule has 0 radical (unpaired) electrons. The van der Waals surface area contributed by atoms with Gasteiger partial charge in [0.05, 0.1) is 18.1 Å². The highest BCUT2D eigenvalue weighted by Crippen LogP contribution is 2.49. The fourth-order valence-electron chi connectivity index (χ4n) is 4.61. The third-order valence-electron chi connectivity index (χ3n) is 6.12. The second-order valence-electron chi connectivity index (χ2n) is 7.74. The smallest absolute Gasteiger partial charge is 0.254 e. The average Bonchev–Trinajstić information content (AvgIpc) is 3.28. The van der Waals surface area contributed by atoms with Gasteiger partial charge in [0, 0.05) is 10.0 Å². The van der Waals surface area contributed by atoms with Crippen LogP contribution in [0, 0.1) is 30.6 Å². The number of rotatable bonds is 3. The summed E-state index contributed by atoms with van der Waals surface area (Å²) in [4.78, 5) is 25.6. The zero-order valence-electron chi connectivity index (χ0n) is 15.3. The van der Waals surface area contributed by atoms with Gasteiger partial charge in [-0.3, -0.25) is 9.59 Å². The van der Waals surface area contributed by atoms with Gasteiger partial charge in [-0.05, 0) is 55.4 Å². The Labute approximate surface area is 171 Å². The number of halogens is 1. The van der Waals surface area contributed by atoms with Crippen molar-refractivity contribution in [1.29, 1.82) is 0 Å². The molecule has 2 aromatic rings. The van der Waals surface area contributed by atoms with E-state index in [4.69, 9.17) is 4.42 Å². The number of nitrogens with zero attached hydrogens (tertiary/aromatic N) is 2. The van der Waals surface area contributed by atoms with Crippen molar-refractivity contribution in [2.75, 3.05) is 0 Å². The summed E-state index contributed by atoms with van der Waals surface area (Å²) in [6.07, 6.45) is 7.62. The number of hydrogen-bond acceptors (Lipinski definition) is 4. The lowest BCUT2D eigenvalue weighted by Gasteiger charge is -2.37. The summed E-state index contributed by atoms with van der Waals surface area (Å²) in [5.74, 6) is 0.694. The molecule has 1 saturated heterocycles. The van der Waals surface area contributed by atoms with Gasteiger partial charge in [0.2, 0.25) is 0 Å². The Hall–Kier alpha value is -2.47. The molecule has 4 atom stereocenters. The van der Waals surface area contributed by atoms with Gasteiger partial charge >= 0.3 is 0 Å². The molecule has 6 heteroatoms. The molecule has 6 rings (SSSR count). The maximum atomic E-state index is 12.8. The molecule has 0 spiro atoms. The number of furan rings is 1. The van der Waals surface area contributed by atoms with Gasteiger partial charge in [-0.1, -0.05) is 40.2 Å². The Kier molecular flexibility index (Phi) is 4.12. The minimum atomic E-state index is -0.245. The Morgan fingerprint density at radius 2 is 1.75 bits per heavy atom. The van der Waals surface area contributed by atoms with E-state index in [1.54, 1.807) is 6.07 Å². The van der Waals surface area contributed by atoms with Crippen molar-refractivity contribution < 1.29 is 14.0 Å². The van der Waals surface area contributed by atoms with Crippen LogP contribution in [0.5, 0.6) is 0 Å². The summed E-state index contributed by atoms with van der Waals surface area (Å²) in [5, 5.41) is 5.25. The Morgan fingerprint density at radius 1 is 1.07 bits per heavy atom. The molecule has 2 heterocycles. The summed E-state index contributed by atoms with van der Waals surface area (Å²) >= 11 is 3.53. The molecule has 2 bridgehead atoms. The first kappa shape index (κ1) is 17.6. The molecule has 2 fully saturated rings. The van der Waals surface area contributed by atoms with Gasteiger partial charge < -0.3 is 4.42 Å². The molecule has 1 aromatic carbocycles. The van der Waals surface area contributed by atoms with E-state index in [9.17, 15) is 9.59 Å². The van der Waals surface area contributed by atoms with Crippen LogP contribution in [0.4, 0.5) is 0 Å². The number of aryl methyl sites for hydroxylation is 1. The van der Waals surface area contributed by atoms with E-state index in [0.717, 1.165) is 33.5 Å². The van der Waals surface area contributed by atoms with Gasteiger partial charge in [0.1, 0.15) is 11.5 Å². The van der Waals surface area contributed by atoms with Crippen LogP contribution in [-0.4, -0.2) is 23.0 Å². The lowest BCUT2D eigenvalue weighted by atomic mass is 9.63. The minimum absolute atomic E-state index is 0.168. The van der Waals surface area contributed by atoms with Gasteiger partial charge in [0.25, 0.3) is 11.8 Å². The van der Waals surface area contributed by atoms with Crippen molar-refractivity contribution in [2.24, 2.45) is 28.8 Å². The summed E-state index contributed by atoms with van der Waals surface area (Å²) in [6.45, 7) is 2.03. The highest BCUT2D eigenvalue weighted by molar-refractivity contribution is 9.10. The first-order valence-corrected chi connectivity index (χ1v) is 10.3. The Balaban J connectivity index is 1.37. The molecule has 28 heavy (non-hydrogen) atoms. The topological polar surface area (TPSA) is 62.9 Å². The first-order chi connectivity index (χ1) is 13.5. The van der Waals surface area contributed by atoms with Gasteiger partial charge in [-0.25, -0.2) is 0 Å². The van der Waals surface area contributed by atoms with E-state index in [-0.39, 0.29) is 35.5 Å². The van der Waals surface area contributed by atoms with E-state index in [1.165, 1.54) is 6.21 Å². The number of imide groups is 1. The van der Waals surface area contributed by atoms with Crippen molar-refractivity contribution >= 4 is 34.0 Å². The average molecular weight is 439 g/mol. The number of carbonyl (C=O) groups excluding carboxylic acids is 2. The molecular formula is C22H19BrN2O3. The quantitative estimate of drug-likeness (QED) is 0.401. The predicted octanol–water partition coefficient (Wildman–Crippen LogP) is 4.55. The van der Waals surface area contributed by atoms with Gasteiger partial charge in [0.15, 0.2) is 0 Å². The fraction of sp³-hybridized carbons (Fsp3) is 0.318. The SMILES string of the molecule is Cc1ccc(-c2ccc(/C=N\N3C(=O)[C@@H]4[C@H](C3=O)[C@H]3C=C[C@H]4CC3)o2)cc1Br. The van der Waals surface area contributed by atoms with Crippen LogP contribution in [0.2, 0.25) is 0 Å². The first-order valence-electron chi connectivity index (χ1n) is 9.49. The van der Waals surface area contributed by atoms with E-state index in [0.29, 0.717) is 11.5 Å². The van der Waals surface area contributed by atoms with E-state index < -0.39 is 0 Å². The molecule has 1 aliphatic heterocycles. The molecule has 2 amide bonds. The number of allylic oxidation sites excluding steroid dienone is 2. The summed E-state index contributed by atoms with van der Waals surface area (Å²) < 4.78 is 6.85. The Morgan fingerprint density at radius 3 is 2.36 bits per heavy atom. The number of amides is 2. The van der Waals surface area contributed by atoms with Crippen LogP contribution in [0.15, 0.2) is 56.5 Å². The molecule has 142 valence electrons. The molecule has 4 aliphatic rings. The second kappa shape index (κ2) is 6.55. The molecule has 3 aliphatic carbocycles. The zero-order valence-corrected chi connectivity index (χ0v) is 16.9. The number of benzene rings is 1. The minimum Gasteiger partial charge on any atom is -0.455 e. The monoisotopic (exact) mass is 438 g/mol. The normalized spacial score (nSPS) is 28.6. The largest absolute Gasteiger partial charge is 0.455 e. The van der Waals surface area contributed by atoms with Crippen molar-refractivity contribution in [2.45, 2.75) is 19.8 Å². The number of carbonyl (C=O) groups is 2. The van der Waals surface area contributed by atoms with E-state index in [1.807, 2.05) is 31.2 Å². The van der Waals surface area contributed by atoms with Gasteiger partial charge in [-0.15, -0.1) is 0 Å². The molecular weight excluding hydrogens is 420 g/mol. The standard InChI is InChI=1S/C22H19BrN2O3/c1-12-2-3-15(10-17(12)23)18-9-8-16(28-18)11-24-25-21(26)19-13-4-5-14(7-6-13)20(19)22(25)27/h2-5,8-11,13-14,19-20H,6-7H2,1H3/b24-11-/t13-,14-,19-,20+/m0/s1. The van der Waals surface area contributed by atoms with Crippen molar-refractivity contribution in [3.05, 3.63) is 58.3 Å². The van der Waals surface area contributed by atoms with Crippen LogP contribution in [-0.2, 0) is 9.59 Å². The molecule has 1 aromatic heterocycles. The highest BCUT2D eigenvalue weighted by Gasteiger charge is 2.56. The van der Waals surface area contributed by atoms with Crippen LogP contribution in [0.1, 0.15) is 24.2 Å². The van der Waals surface area contributed by atoms with Crippen molar-refractivity contribution in [1.82, 2.24) is 5.01 Å². The second-order valence-corrected chi connectivity index (χ2v) is 8.59. The zero-order chi connectivity index (χ0) is 19.4. The van der Waals surface area contributed by atoms with Crippen molar-refractivity contribution in [3.63, 3.8) is 0 Å². The maximum absolute atomic E-state index is 12.8. The molecule has 1 saturated carbocycles. The molecule has 0 unspecified atom stereocenters. The third kappa shape index (κ3) is 2.70. The Bertz CT molecular complexity index is 1010. The summed E-state index contributed by atoms with van der Waals surface area (Å²) in [6, 6.07) is 9.64. The van der Waals surface area contributed by atoms with Crippen LogP contribution >= 0.6 is 15.9 Å². The van der Waals surface area contributed by atoms with Crippen LogP contribution < -0.4 is 0 Å². The van der Waals surface area contributed by atoms with Gasteiger partial charge in [-0.2, -0.15) is 10.1 Å². The lowest BCUT2D eigenvalue weighted by Crippen LogP contribution is -2.38. The maximum Gasteiger partial charge on any atom is 0.254 e. The van der Waals surface area contributed by atoms with Crippen LogP contribution in [0.3, 0.4) is 0 Å². The summed E-state index contributed by atoms with van der Waals surface area (Å²) in [5.41, 5.74) is 2.09. The lowest BCUT2D eigenvalue weighted by molar-refractivity contribution is -0.140. The van der Waals surface area contributed by atoms with Crippen LogP contribution in [0.25, 0.3) is 11.3 Å². The number of hydrazone groups is 1. The third-order valence-corrected chi connectivity index (χ3v) is 6.97. The molecule has 5 nitrogen and oxygen atoms in total. The van der Waals surface area contributed by atoms with E-state index in [2.05, 4.69) is 33.2 Å².